The van der Waals surface area contributed by atoms with Crippen LogP contribution < -0.4 is 10.2 Å². The Hall–Kier alpha value is -2.62. The predicted octanol–water partition coefficient (Wildman–Crippen LogP) is 4.36. The molecule has 3 heterocycles. The fourth-order valence-corrected chi connectivity index (χ4v) is 3.10. The van der Waals surface area contributed by atoms with E-state index in [1.165, 1.54) is 24.9 Å². The number of nitrogens with zero attached hydrogens (tertiary/aromatic N) is 3. The van der Waals surface area contributed by atoms with Crippen molar-refractivity contribution in [2.45, 2.75) is 19.3 Å². The summed E-state index contributed by atoms with van der Waals surface area (Å²) in [4.78, 5) is 11.5. The van der Waals surface area contributed by atoms with Gasteiger partial charge in [0.2, 0.25) is 0 Å². The average molecular weight is 304 g/mol. The van der Waals surface area contributed by atoms with E-state index in [1.807, 2.05) is 30.5 Å². The minimum atomic E-state index is 0.826. The van der Waals surface area contributed by atoms with Gasteiger partial charge in [-0.15, -0.1) is 0 Å². The van der Waals surface area contributed by atoms with Gasteiger partial charge in [0.1, 0.15) is 11.6 Å². The van der Waals surface area contributed by atoms with E-state index in [4.69, 9.17) is 0 Å². The van der Waals surface area contributed by atoms with Crippen molar-refractivity contribution in [2.75, 3.05) is 23.3 Å². The van der Waals surface area contributed by atoms with E-state index in [-0.39, 0.29) is 0 Å². The monoisotopic (exact) mass is 304 g/mol. The molecule has 116 valence electrons. The van der Waals surface area contributed by atoms with Gasteiger partial charge in [0.15, 0.2) is 0 Å². The average Bonchev–Trinajstić information content (AvgIpc) is 2.63. The maximum atomic E-state index is 4.65. The maximum Gasteiger partial charge on any atom is 0.133 e. The maximum absolute atomic E-state index is 4.65. The fourth-order valence-electron chi connectivity index (χ4n) is 3.10. The summed E-state index contributed by atoms with van der Waals surface area (Å²) in [5.74, 6) is 1.67. The lowest BCUT2D eigenvalue weighted by Gasteiger charge is -2.28. The summed E-state index contributed by atoms with van der Waals surface area (Å²) in [6.07, 6.45) is 5.76. The third-order valence-electron chi connectivity index (χ3n) is 4.32. The van der Waals surface area contributed by atoms with Crippen molar-refractivity contribution in [1.82, 2.24) is 9.97 Å². The molecule has 1 aliphatic heterocycles. The van der Waals surface area contributed by atoms with Crippen LogP contribution in [-0.4, -0.2) is 23.1 Å². The van der Waals surface area contributed by atoms with Crippen LogP contribution in [0.1, 0.15) is 19.3 Å². The van der Waals surface area contributed by atoms with E-state index < -0.39 is 0 Å². The van der Waals surface area contributed by atoms with Crippen LogP contribution in [0, 0.1) is 0 Å². The Balaban J connectivity index is 1.57. The van der Waals surface area contributed by atoms with Crippen LogP contribution in [0.5, 0.6) is 0 Å². The molecule has 0 spiro atoms. The Labute approximate surface area is 136 Å². The molecule has 4 nitrogen and oxygen atoms in total. The zero-order valence-electron chi connectivity index (χ0n) is 13.1. The molecule has 23 heavy (non-hydrogen) atoms. The van der Waals surface area contributed by atoms with E-state index in [0.29, 0.717) is 0 Å². The lowest BCUT2D eigenvalue weighted by atomic mass is 10.1. The number of rotatable bonds is 3. The molecule has 1 N–H and O–H groups in total. The van der Waals surface area contributed by atoms with Crippen LogP contribution in [0.2, 0.25) is 0 Å². The first-order chi connectivity index (χ1) is 11.4. The van der Waals surface area contributed by atoms with Crippen LogP contribution in [-0.2, 0) is 0 Å². The van der Waals surface area contributed by atoms with Crippen molar-refractivity contribution in [1.29, 1.82) is 0 Å². The summed E-state index contributed by atoms with van der Waals surface area (Å²) in [6.45, 7) is 2.27. The van der Waals surface area contributed by atoms with Gasteiger partial charge in [-0.3, -0.25) is 0 Å². The second kappa shape index (κ2) is 6.24. The predicted molar refractivity (Wildman–Crippen MR) is 95.3 cm³/mol. The molecule has 1 aromatic carbocycles. The van der Waals surface area contributed by atoms with Crippen LogP contribution in [0.4, 0.5) is 17.3 Å². The van der Waals surface area contributed by atoms with Gasteiger partial charge in [-0.05, 0) is 43.5 Å². The standard InChI is InChI=1S/C19H20N4/c1-4-12-23(13-5-1)16-10-11-20-19(14-16)22-18-9-8-15-6-2-3-7-17(15)21-18/h2-3,6-11,14H,1,4-5,12-13H2,(H,20,21,22). The molecule has 4 rings (SSSR count). The molecular formula is C19H20N4. The molecule has 3 aromatic rings. The molecule has 0 atom stereocenters. The zero-order chi connectivity index (χ0) is 15.5. The van der Waals surface area contributed by atoms with Gasteiger partial charge in [-0.25, -0.2) is 9.97 Å². The highest BCUT2D eigenvalue weighted by molar-refractivity contribution is 5.80. The fraction of sp³-hybridized carbons (Fsp3) is 0.263. The molecule has 0 saturated carbocycles. The quantitative estimate of drug-likeness (QED) is 0.780. The molecule has 2 aromatic heterocycles. The minimum Gasteiger partial charge on any atom is -0.371 e. The number of hydrogen-bond acceptors (Lipinski definition) is 4. The number of para-hydroxylation sites is 1. The molecule has 0 aliphatic carbocycles. The first kappa shape index (κ1) is 14.0. The van der Waals surface area contributed by atoms with Crippen molar-refractivity contribution >= 4 is 28.2 Å². The molecule has 0 unspecified atom stereocenters. The molecule has 1 saturated heterocycles. The molecule has 0 amide bonds. The summed E-state index contributed by atoms with van der Waals surface area (Å²) in [5, 5.41) is 4.47. The Morgan fingerprint density at radius 2 is 1.74 bits per heavy atom. The number of anilines is 3. The smallest absolute Gasteiger partial charge is 0.133 e. The summed E-state index contributed by atoms with van der Waals surface area (Å²) < 4.78 is 0. The molecule has 1 aliphatic rings. The van der Waals surface area contributed by atoms with E-state index >= 15 is 0 Å². The Morgan fingerprint density at radius 1 is 0.870 bits per heavy atom. The van der Waals surface area contributed by atoms with E-state index in [2.05, 4.69) is 44.5 Å². The second-order valence-electron chi connectivity index (χ2n) is 5.96. The van der Waals surface area contributed by atoms with Gasteiger partial charge in [0.05, 0.1) is 5.52 Å². The van der Waals surface area contributed by atoms with Crippen molar-refractivity contribution in [2.24, 2.45) is 0 Å². The lowest BCUT2D eigenvalue weighted by molar-refractivity contribution is 0.578. The highest BCUT2D eigenvalue weighted by atomic mass is 15.1. The third kappa shape index (κ3) is 3.11. The number of pyridine rings is 2. The highest BCUT2D eigenvalue weighted by Gasteiger charge is 2.11. The largest absolute Gasteiger partial charge is 0.371 e. The number of piperidine rings is 1. The lowest BCUT2D eigenvalue weighted by Crippen LogP contribution is -2.29. The van der Waals surface area contributed by atoms with Crippen LogP contribution >= 0.6 is 0 Å². The minimum absolute atomic E-state index is 0.826. The number of fused-ring (bicyclic) bond motifs is 1. The molecule has 0 bridgehead atoms. The summed E-state index contributed by atoms with van der Waals surface area (Å²) in [5.41, 5.74) is 2.23. The SMILES string of the molecule is c1ccc2nc(Nc3cc(N4CCCCC4)ccn3)ccc2c1. The zero-order valence-corrected chi connectivity index (χ0v) is 13.1. The van der Waals surface area contributed by atoms with Gasteiger partial charge in [0.25, 0.3) is 0 Å². The molecule has 1 fully saturated rings. The van der Waals surface area contributed by atoms with Crippen molar-refractivity contribution in [3.8, 4) is 0 Å². The molecule has 4 heteroatoms. The van der Waals surface area contributed by atoms with Crippen LogP contribution in [0.25, 0.3) is 10.9 Å². The van der Waals surface area contributed by atoms with E-state index in [9.17, 15) is 0 Å². The number of benzene rings is 1. The van der Waals surface area contributed by atoms with Gasteiger partial charge in [-0.2, -0.15) is 0 Å². The Kier molecular flexibility index (Phi) is 3.80. The second-order valence-corrected chi connectivity index (χ2v) is 5.96. The number of hydrogen-bond donors (Lipinski definition) is 1. The number of aromatic nitrogens is 2. The molecular weight excluding hydrogens is 284 g/mol. The Morgan fingerprint density at radius 3 is 2.65 bits per heavy atom. The van der Waals surface area contributed by atoms with Crippen molar-refractivity contribution in [3.63, 3.8) is 0 Å². The topological polar surface area (TPSA) is 41.1 Å². The molecule has 0 radical (unpaired) electrons. The van der Waals surface area contributed by atoms with Gasteiger partial charge in [0, 0.05) is 36.4 Å². The van der Waals surface area contributed by atoms with Crippen molar-refractivity contribution in [3.05, 3.63) is 54.7 Å². The number of nitrogens with one attached hydrogen (secondary N) is 1. The van der Waals surface area contributed by atoms with Gasteiger partial charge < -0.3 is 10.2 Å². The van der Waals surface area contributed by atoms with Crippen molar-refractivity contribution < 1.29 is 0 Å². The first-order valence-electron chi connectivity index (χ1n) is 8.22. The summed E-state index contributed by atoms with van der Waals surface area (Å²) in [6, 6.07) is 16.4. The van der Waals surface area contributed by atoms with Gasteiger partial charge in [-0.1, -0.05) is 18.2 Å². The summed E-state index contributed by atoms with van der Waals surface area (Å²) >= 11 is 0. The van der Waals surface area contributed by atoms with Crippen LogP contribution in [0.15, 0.2) is 54.7 Å². The van der Waals surface area contributed by atoms with Gasteiger partial charge >= 0.3 is 0 Å². The first-order valence-corrected chi connectivity index (χ1v) is 8.22. The van der Waals surface area contributed by atoms with Crippen LogP contribution in [0.3, 0.4) is 0 Å². The normalized spacial score (nSPS) is 14.9. The van der Waals surface area contributed by atoms with E-state index in [1.54, 1.807) is 0 Å². The highest BCUT2D eigenvalue weighted by Crippen LogP contribution is 2.23. The summed E-state index contributed by atoms with van der Waals surface area (Å²) in [7, 11) is 0. The third-order valence-corrected chi connectivity index (χ3v) is 4.32. The Bertz CT molecular complexity index is 809. The van der Waals surface area contributed by atoms with E-state index in [0.717, 1.165) is 35.6 Å².